The molecule has 0 aliphatic heterocycles. The Morgan fingerprint density at radius 1 is 1.00 bits per heavy atom. The second kappa shape index (κ2) is 7.60. The summed E-state index contributed by atoms with van der Waals surface area (Å²) in [7, 11) is 0. The van der Waals surface area contributed by atoms with Crippen LogP contribution in [-0.2, 0) is 16.1 Å². The largest absolute Gasteiger partial charge is 0.326 e. The Kier molecular flexibility index (Phi) is 5.07. The van der Waals surface area contributed by atoms with Crippen LogP contribution in [0, 0.1) is 0 Å². The molecule has 0 aliphatic rings. The van der Waals surface area contributed by atoms with E-state index >= 15 is 0 Å². The van der Waals surface area contributed by atoms with E-state index in [1.807, 2.05) is 6.07 Å². The minimum absolute atomic E-state index is 0.146. The van der Waals surface area contributed by atoms with Crippen molar-refractivity contribution in [2.45, 2.75) is 19.9 Å². The van der Waals surface area contributed by atoms with Crippen LogP contribution in [0.2, 0.25) is 0 Å². The number of rotatable bonds is 5. The standard InChI is InChI=1S/C19H18N4O3/c1-13(24)21-14-6-8-15(9-7-14)22-18(25)10-11-23-12-20-17-5-3-2-4-16(17)19(23)26/h2-9,12H,10-11H2,1H3,(H,21,24)(H,22,25). The van der Waals surface area contributed by atoms with Crippen LogP contribution in [0.5, 0.6) is 0 Å². The van der Waals surface area contributed by atoms with E-state index in [0.717, 1.165) is 0 Å². The van der Waals surface area contributed by atoms with Crippen molar-refractivity contribution in [2.24, 2.45) is 0 Å². The molecule has 1 aromatic heterocycles. The summed E-state index contributed by atoms with van der Waals surface area (Å²) in [5.41, 5.74) is 1.75. The van der Waals surface area contributed by atoms with Gasteiger partial charge in [-0.1, -0.05) is 12.1 Å². The predicted molar refractivity (Wildman–Crippen MR) is 100.0 cm³/mol. The zero-order valence-electron chi connectivity index (χ0n) is 14.2. The van der Waals surface area contributed by atoms with E-state index in [9.17, 15) is 14.4 Å². The maximum absolute atomic E-state index is 12.4. The van der Waals surface area contributed by atoms with Gasteiger partial charge in [-0.25, -0.2) is 4.98 Å². The van der Waals surface area contributed by atoms with Crippen molar-refractivity contribution in [3.8, 4) is 0 Å². The van der Waals surface area contributed by atoms with Gasteiger partial charge in [-0.15, -0.1) is 0 Å². The van der Waals surface area contributed by atoms with Crippen LogP contribution in [0.15, 0.2) is 59.7 Å². The third-order valence-electron chi connectivity index (χ3n) is 3.80. The molecule has 2 aromatic carbocycles. The SMILES string of the molecule is CC(=O)Nc1ccc(NC(=O)CCn2cnc3ccccc3c2=O)cc1. The summed E-state index contributed by atoms with van der Waals surface area (Å²) in [6, 6.07) is 13.9. The fourth-order valence-electron chi connectivity index (χ4n) is 2.55. The molecule has 0 fully saturated rings. The maximum Gasteiger partial charge on any atom is 0.261 e. The van der Waals surface area contributed by atoms with Crippen LogP contribution in [0.25, 0.3) is 10.9 Å². The lowest BCUT2D eigenvalue weighted by Crippen LogP contribution is -2.23. The van der Waals surface area contributed by atoms with Gasteiger partial charge in [-0.3, -0.25) is 19.0 Å². The van der Waals surface area contributed by atoms with Crippen molar-refractivity contribution in [1.29, 1.82) is 0 Å². The third-order valence-corrected chi connectivity index (χ3v) is 3.80. The molecular weight excluding hydrogens is 332 g/mol. The molecule has 0 radical (unpaired) electrons. The summed E-state index contributed by atoms with van der Waals surface area (Å²) in [5.74, 6) is -0.367. The quantitative estimate of drug-likeness (QED) is 0.739. The van der Waals surface area contributed by atoms with Gasteiger partial charge in [0, 0.05) is 31.3 Å². The van der Waals surface area contributed by atoms with Crippen molar-refractivity contribution in [2.75, 3.05) is 10.6 Å². The van der Waals surface area contributed by atoms with E-state index in [1.54, 1.807) is 42.5 Å². The van der Waals surface area contributed by atoms with Crippen molar-refractivity contribution >= 4 is 34.1 Å². The molecule has 0 atom stereocenters. The molecule has 0 saturated heterocycles. The zero-order valence-corrected chi connectivity index (χ0v) is 14.2. The molecular formula is C19H18N4O3. The van der Waals surface area contributed by atoms with Gasteiger partial charge < -0.3 is 10.6 Å². The number of hydrogen-bond acceptors (Lipinski definition) is 4. The van der Waals surface area contributed by atoms with Crippen LogP contribution < -0.4 is 16.2 Å². The zero-order chi connectivity index (χ0) is 18.5. The van der Waals surface area contributed by atoms with Gasteiger partial charge >= 0.3 is 0 Å². The number of hydrogen-bond donors (Lipinski definition) is 2. The number of carbonyl (C=O) groups excluding carboxylic acids is 2. The van der Waals surface area contributed by atoms with Gasteiger partial charge in [0.15, 0.2) is 0 Å². The number of nitrogens with zero attached hydrogens (tertiary/aromatic N) is 2. The molecule has 132 valence electrons. The van der Waals surface area contributed by atoms with E-state index in [2.05, 4.69) is 15.6 Å². The smallest absolute Gasteiger partial charge is 0.261 e. The molecule has 0 saturated carbocycles. The number of benzene rings is 2. The Morgan fingerprint density at radius 3 is 2.35 bits per heavy atom. The van der Waals surface area contributed by atoms with Crippen LogP contribution in [0.1, 0.15) is 13.3 Å². The average Bonchev–Trinajstić information content (AvgIpc) is 2.63. The first-order valence-electron chi connectivity index (χ1n) is 8.14. The minimum Gasteiger partial charge on any atom is -0.326 e. The van der Waals surface area contributed by atoms with Gasteiger partial charge in [-0.05, 0) is 36.4 Å². The summed E-state index contributed by atoms with van der Waals surface area (Å²) in [4.78, 5) is 39.7. The summed E-state index contributed by atoms with van der Waals surface area (Å²) >= 11 is 0. The van der Waals surface area contributed by atoms with Gasteiger partial charge in [0.2, 0.25) is 11.8 Å². The second-order valence-corrected chi connectivity index (χ2v) is 5.82. The number of carbonyl (C=O) groups is 2. The fourth-order valence-corrected chi connectivity index (χ4v) is 2.55. The lowest BCUT2D eigenvalue weighted by molar-refractivity contribution is -0.116. The molecule has 7 nitrogen and oxygen atoms in total. The van der Waals surface area contributed by atoms with E-state index in [4.69, 9.17) is 0 Å². The molecule has 0 spiro atoms. The number of fused-ring (bicyclic) bond motifs is 1. The molecule has 0 aliphatic carbocycles. The Morgan fingerprint density at radius 2 is 1.65 bits per heavy atom. The number of nitrogens with one attached hydrogen (secondary N) is 2. The number of aryl methyl sites for hydroxylation is 1. The lowest BCUT2D eigenvalue weighted by atomic mass is 10.2. The second-order valence-electron chi connectivity index (χ2n) is 5.82. The first-order valence-corrected chi connectivity index (χ1v) is 8.14. The highest BCUT2D eigenvalue weighted by molar-refractivity contribution is 5.92. The first kappa shape index (κ1) is 17.3. The van der Waals surface area contributed by atoms with Gasteiger partial charge in [0.1, 0.15) is 0 Å². The van der Waals surface area contributed by atoms with Crippen LogP contribution in [0.4, 0.5) is 11.4 Å². The summed E-state index contributed by atoms with van der Waals surface area (Å²) < 4.78 is 1.43. The molecule has 3 aromatic rings. The summed E-state index contributed by atoms with van der Waals surface area (Å²) in [5, 5.41) is 5.95. The molecule has 2 amide bonds. The Balaban J connectivity index is 1.61. The van der Waals surface area contributed by atoms with E-state index < -0.39 is 0 Å². The fraction of sp³-hybridized carbons (Fsp3) is 0.158. The van der Waals surface area contributed by atoms with Crippen molar-refractivity contribution in [1.82, 2.24) is 9.55 Å². The van der Waals surface area contributed by atoms with Crippen LogP contribution in [-0.4, -0.2) is 21.4 Å². The maximum atomic E-state index is 12.4. The van der Waals surface area contributed by atoms with Crippen LogP contribution in [0.3, 0.4) is 0 Å². The topological polar surface area (TPSA) is 93.1 Å². The van der Waals surface area contributed by atoms with E-state index in [-0.39, 0.29) is 30.3 Å². The van der Waals surface area contributed by atoms with Crippen molar-refractivity contribution < 1.29 is 9.59 Å². The lowest BCUT2D eigenvalue weighted by Gasteiger charge is -2.08. The minimum atomic E-state index is -0.211. The van der Waals surface area contributed by atoms with Gasteiger partial charge in [0.25, 0.3) is 5.56 Å². The van der Waals surface area contributed by atoms with Crippen LogP contribution >= 0.6 is 0 Å². The third kappa shape index (κ3) is 4.13. The highest BCUT2D eigenvalue weighted by Crippen LogP contribution is 2.13. The Labute approximate surface area is 149 Å². The van der Waals surface area contributed by atoms with Gasteiger partial charge in [0.05, 0.1) is 17.2 Å². The number of para-hydroxylation sites is 1. The normalized spacial score (nSPS) is 10.5. The molecule has 0 unspecified atom stereocenters. The highest BCUT2D eigenvalue weighted by Gasteiger charge is 2.07. The molecule has 0 bridgehead atoms. The van der Waals surface area contributed by atoms with Crippen molar-refractivity contribution in [3.63, 3.8) is 0 Å². The number of amides is 2. The summed E-state index contributed by atoms with van der Waals surface area (Å²) in [6.07, 6.45) is 1.60. The number of aromatic nitrogens is 2. The van der Waals surface area contributed by atoms with Gasteiger partial charge in [-0.2, -0.15) is 0 Å². The highest BCUT2D eigenvalue weighted by atomic mass is 16.2. The van der Waals surface area contributed by atoms with E-state index in [0.29, 0.717) is 22.3 Å². The molecule has 1 heterocycles. The summed E-state index contributed by atoms with van der Waals surface area (Å²) in [6.45, 7) is 1.67. The number of anilines is 2. The van der Waals surface area contributed by atoms with E-state index in [1.165, 1.54) is 17.8 Å². The predicted octanol–water partition coefficient (Wildman–Crippen LogP) is 2.38. The molecule has 26 heavy (non-hydrogen) atoms. The average molecular weight is 350 g/mol. The first-order chi connectivity index (χ1) is 12.5. The molecule has 3 rings (SSSR count). The van der Waals surface area contributed by atoms with Crippen molar-refractivity contribution in [3.05, 3.63) is 65.2 Å². The Hall–Kier alpha value is -3.48. The monoisotopic (exact) mass is 350 g/mol. The Bertz CT molecular complexity index is 1010. The molecule has 2 N–H and O–H groups in total. The molecule has 7 heteroatoms.